The fourth-order valence-electron chi connectivity index (χ4n) is 1.53. The van der Waals surface area contributed by atoms with Gasteiger partial charge in [-0.05, 0) is 36.1 Å². The molecule has 0 radical (unpaired) electrons. The molecular weight excluding hydrogens is 300 g/mol. The molecule has 0 aliphatic rings. The van der Waals surface area contributed by atoms with E-state index in [1.165, 1.54) is 0 Å². The molecule has 0 aliphatic carbocycles. The summed E-state index contributed by atoms with van der Waals surface area (Å²) in [4.78, 5) is 0. The van der Waals surface area contributed by atoms with Crippen molar-refractivity contribution in [2.75, 3.05) is 11.9 Å². The van der Waals surface area contributed by atoms with E-state index in [9.17, 15) is 0 Å². The van der Waals surface area contributed by atoms with Crippen molar-refractivity contribution in [2.45, 2.75) is 27.2 Å². The van der Waals surface area contributed by atoms with Gasteiger partial charge in [-0.1, -0.05) is 48.3 Å². The van der Waals surface area contributed by atoms with Gasteiger partial charge in [0.2, 0.25) is 0 Å². The van der Waals surface area contributed by atoms with Gasteiger partial charge in [0, 0.05) is 16.3 Å². The largest absolute Gasteiger partial charge is 0.493 e. The summed E-state index contributed by atoms with van der Waals surface area (Å²) in [5.74, 6) is 2.07. The zero-order chi connectivity index (χ0) is 12.8. The van der Waals surface area contributed by atoms with Crippen molar-refractivity contribution in [2.24, 2.45) is 11.8 Å². The number of alkyl halides is 1. The Morgan fingerprint density at radius 1 is 1.35 bits per heavy atom. The zero-order valence-electron chi connectivity index (χ0n) is 10.7. The topological polar surface area (TPSA) is 9.23 Å². The first-order valence-corrected chi connectivity index (χ1v) is 7.55. The maximum absolute atomic E-state index is 6.07. The summed E-state index contributed by atoms with van der Waals surface area (Å²) >= 11 is 9.60. The number of ether oxygens (including phenoxy) is 1. The van der Waals surface area contributed by atoms with Crippen LogP contribution in [0.15, 0.2) is 18.2 Å². The van der Waals surface area contributed by atoms with Crippen molar-refractivity contribution < 1.29 is 4.74 Å². The summed E-state index contributed by atoms with van der Waals surface area (Å²) in [5.41, 5.74) is 1.14. The molecule has 1 atom stereocenters. The first-order valence-electron chi connectivity index (χ1n) is 6.05. The third-order valence-electron chi connectivity index (χ3n) is 3.00. The zero-order valence-corrected chi connectivity index (χ0v) is 13.0. The van der Waals surface area contributed by atoms with Crippen molar-refractivity contribution in [1.29, 1.82) is 0 Å². The molecule has 1 rings (SSSR count). The lowest BCUT2D eigenvalue weighted by Crippen LogP contribution is -2.19. The quantitative estimate of drug-likeness (QED) is 0.674. The highest BCUT2D eigenvalue weighted by atomic mass is 79.9. The smallest absolute Gasteiger partial charge is 0.119 e. The van der Waals surface area contributed by atoms with Crippen LogP contribution in [-0.4, -0.2) is 11.9 Å². The third-order valence-corrected chi connectivity index (χ3v) is 4.20. The summed E-state index contributed by atoms with van der Waals surface area (Å²) in [5, 5.41) is 1.79. The van der Waals surface area contributed by atoms with Gasteiger partial charge in [-0.25, -0.2) is 0 Å². The summed E-state index contributed by atoms with van der Waals surface area (Å²) in [6.07, 6.45) is 0.933. The normalized spacial score (nSPS) is 12.8. The lowest BCUT2D eigenvalue weighted by molar-refractivity contribution is 0.227. The standard InChI is InChI=1S/C14H20BrClO/c1-4-11-7-13(5-6-14(11)16)17-9-12(8-15)10(2)3/h5-7,10,12H,4,8-9H2,1-3H3. The van der Waals surface area contributed by atoms with Crippen LogP contribution in [0.5, 0.6) is 5.75 Å². The molecule has 0 heterocycles. The lowest BCUT2D eigenvalue weighted by Gasteiger charge is -2.19. The molecular formula is C14H20BrClO. The molecule has 0 N–H and O–H groups in total. The highest BCUT2D eigenvalue weighted by Gasteiger charge is 2.12. The van der Waals surface area contributed by atoms with Crippen molar-refractivity contribution >= 4 is 27.5 Å². The fraction of sp³-hybridized carbons (Fsp3) is 0.571. The molecule has 0 aliphatic heterocycles. The Morgan fingerprint density at radius 3 is 2.59 bits per heavy atom. The molecule has 1 aromatic rings. The molecule has 0 aromatic heterocycles. The molecule has 0 spiro atoms. The first kappa shape index (κ1) is 14.8. The molecule has 1 aromatic carbocycles. The van der Waals surface area contributed by atoms with Crippen LogP contribution in [0.3, 0.4) is 0 Å². The molecule has 0 bridgehead atoms. The van der Waals surface area contributed by atoms with Gasteiger partial charge >= 0.3 is 0 Å². The highest BCUT2D eigenvalue weighted by molar-refractivity contribution is 9.09. The van der Waals surface area contributed by atoms with Gasteiger partial charge in [0.15, 0.2) is 0 Å². The minimum absolute atomic E-state index is 0.538. The Morgan fingerprint density at radius 2 is 2.06 bits per heavy atom. The van der Waals surface area contributed by atoms with E-state index in [2.05, 4.69) is 36.7 Å². The average Bonchev–Trinajstić information content (AvgIpc) is 2.31. The van der Waals surface area contributed by atoms with Crippen LogP contribution in [0, 0.1) is 11.8 Å². The predicted molar refractivity (Wildman–Crippen MR) is 78.4 cm³/mol. The molecule has 0 amide bonds. The van der Waals surface area contributed by atoms with Gasteiger partial charge in [0.05, 0.1) is 6.61 Å². The van der Waals surface area contributed by atoms with Gasteiger partial charge in [0.1, 0.15) is 5.75 Å². The summed E-state index contributed by atoms with van der Waals surface area (Å²) < 4.78 is 5.83. The molecule has 0 saturated heterocycles. The van der Waals surface area contributed by atoms with Crippen molar-refractivity contribution in [1.82, 2.24) is 0 Å². The first-order chi connectivity index (χ1) is 8.08. The Bertz CT molecular complexity index is 352. The summed E-state index contributed by atoms with van der Waals surface area (Å²) in [7, 11) is 0. The number of hydrogen-bond donors (Lipinski definition) is 0. The Balaban J connectivity index is 2.63. The van der Waals surface area contributed by atoms with Crippen LogP contribution in [0.1, 0.15) is 26.3 Å². The summed E-state index contributed by atoms with van der Waals surface area (Å²) in [6.45, 7) is 7.28. The van der Waals surface area contributed by atoms with Crippen LogP contribution in [0.25, 0.3) is 0 Å². The second-order valence-corrected chi connectivity index (χ2v) is 5.63. The second-order valence-electron chi connectivity index (χ2n) is 4.58. The van der Waals surface area contributed by atoms with E-state index in [1.807, 2.05) is 18.2 Å². The van der Waals surface area contributed by atoms with Crippen LogP contribution in [-0.2, 0) is 6.42 Å². The van der Waals surface area contributed by atoms with Crippen molar-refractivity contribution in [3.05, 3.63) is 28.8 Å². The highest BCUT2D eigenvalue weighted by Crippen LogP contribution is 2.24. The van der Waals surface area contributed by atoms with Crippen LogP contribution < -0.4 is 4.74 Å². The van der Waals surface area contributed by atoms with Gasteiger partial charge in [0.25, 0.3) is 0 Å². The molecule has 0 fully saturated rings. The molecule has 0 saturated carbocycles. The molecule has 17 heavy (non-hydrogen) atoms. The van der Waals surface area contributed by atoms with Crippen LogP contribution in [0.2, 0.25) is 5.02 Å². The SMILES string of the molecule is CCc1cc(OCC(CBr)C(C)C)ccc1Cl. The van der Waals surface area contributed by atoms with Crippen LogP contribution >= 0.6 is 27.5 Å². The number of rotatable bonds is 6. The van der Waals surface area contributed by atoms with E-state index in [1.54, 1.807) is 0 Å². The minimum atomic E-state index is 0.538. The van der Waals surface area contributed by atoms with Crippen molar-refractivity contribution in [3.63, 3.8) is 0 Å². The Kier molecular flexibility index (Phi) is 6.35. The van der Waals surface area contributed by atoms with E-state index in [4.69, 9.17) is 16.3 Å². The minimum Gasteiger partial charge on any atom is -0.493 e. The van der Waals surface area contributed by atoms with E-state index < -0.39 is 0 Å². The van der Waals surface area contributed by atoms with Crippen molar-refractivity contribution in [3.8, 4) is 5.75 Å². The van der Waals surface area contributed by atoms with Gasteiger partial charge in [-0.3, -0.25) is 0 Å². The summed E-state index contributed by atoms with van der Waals surface area (Å²) in [6, 6.07) is 5.88. The van der Waals surface area contributed by atoms with E-state index in [0.29, 0.717) is 11.8 Å². The van der Waals surface area contributed by atoms with Gasteiger partial charge in [-0.15, -0.1) is 0 Å². The number of aryl methyl sites for hydroxylation is 1. The number of benzene rings is 1. The third kappa shape index (κ3) is 4.51. The number of halogens is 2. The average molecular weight is 320 g/mol. The van der Waals surface area contributed by atoms with E-state index in [0.717, 1.165) is 34.7 Å². The lowest BCUT2D eigenvalue weighted by atomic mass is 9.99. The molecule has 3 heteroatoms. The predicted octanol–water partition coefficient (Wildman–Crippen LogP) is 4.95. The number of hydrogen-bond acceptors (Lipinski definition) is 1. The second kappa shape index (κ2) is 7.27. The molecule has 1 nitrogen and oxygen atoms in total. The molecule has 1 unspecified atom stereocenters. The Labute approximate surface area is 118 Å². The van der Waals surface area contributed by atoms with Gasteiger partial charge < -0.3 is 4.74 Å². The van der Waals surface area contributed by atoms with Gasteiger partial charge in [-0.2, -0.15) is 0 Å². The van der Waals surface area contributed by atoms with E-state index >= 15 is 0 Å². The maximum Gasteiger partial charge on any atom is 0.119 e. The molecule has 96 valence electrons. The van der Waals surface area contributed by atoms with E-state index in [-0.39, 0.29) is 0 Å². The Hall–Kier alpha value is -0.210. The monoisotopic (exact) mass is 318 g/mol. The maximum atomic E-state index is 6.07. The van der Waals surface area contributed by atoms with Crippen LogP contribution in [0.4, 0.5) is 0 Å². The fourth-order valence-corrected chi connectivity index (χ4v) is 2.72.